The summed E-state index contributed by atoms with van der Waals surface area (Å²) < 4.78 is 4.93. The van der Waals surface area contributed by atoms with Crippen LogP contribution in [0.2, 0.25) is 5.02 Å². The van der Waals surface area contributed by atoms with Gasteiger partial charge in [-0.05, 0) is 25.1 Å². The Morgan fingerprint density at radius 1 is 1.08 bits per heavy atom. The minimum Gasteiger partial charge on any atom is -0.351 e. The first-order valence-corrected chi connectivity index (χ1v) is 7.56. The van der Waals surface area contributed by atoms with E-state index < -0.39 is 5.91 Å². The number of carbonyl (C=O) groups is 2. The molecule has 0 unspecified atom stereocenters. The predicted octanol–water partition coefficient (Wildman–Crippen LogP) is 4.12. The molecule has 0 aliphatic rings. The number of hydrogen-bond donors (Lipinski definition) is 1. The third kappa shape index (κ3) is 3.36. The Labute approximate surface area is 143 Å². The number of aromatic nitrogens is 1. The van der Waals surface area contributed by atoms with Crippen LogP contribution < -0.4 is 5.32 Å². The molecule has 0 aliphatic carbocycles. The van der Waals surface area contributed by atoms with Crippen molar-refractivity contribution in [2.45, 2.75) is 6.92 Å². The number of nitrogens with one attached hydrogen (secondary N) is 1. The topological polar surface area (TPSA) is 72.2 Å². The standard InChI is InChI=1S/C18H13ClN2O3/c1-11-9-16(24-21-11)18(23)20-15-8-7-13(19)10-14(15)17(22)12-5-3-2-4-6-12/h2-10H,1H3,(H,20,23). The van der Waals surface area contributed by atoms with Crippen molar-refractivity contribution in [1.82, 2.24) is 5.16 Å². The molecule has 0 aliphatic heterocycles. The van der Waals surface area contributed by atoms with Gasteiger partial charge in [-0.25, -0.2) is 0 Å². The molecule has 1 heterocycles. The lowest BCUT2D eigenvalue weighted by Gasteiger charge is -2.10. The van der Waals surface area contributed by atoms with Crippen LogP contribution >= 0.6 is 11.6 Å². The lowest BCUT2D eigenvalue weighted by atomic mass is 10.0. The van der Waals surface area contributed by atoms with Crippen LogP contribution in [0.1, 0.15) is 32.2 Å². The number of carbonyl (C=O) groups excluding carboxylic acids is 2. The Hall–Kier alpha value is -2.92. The number of nitrogens with zero attached hydrogens (tertiary/aromatic N) is 1. The second kappa shape index (κ2) is 6.68. The molecule has 2 aromatic carbocycles. The van der Waals surface area contributed by atoms with Crippen molar-refractivity contribution >= 4 is 29.0 Å². The van der Waals surface area contributed by atoms with Gasteiger partial charge in [0.15, 0.2) is 5.78 Å². The third-order valence-electron chi connectivity index (χ3n) is 3.36. The van der Waals surface area contributed by atoms with Crippen molar-refractivity contribution in [3.8, 4) is 0 Å². The van der Waals surface area contributed by atoms with E-state index in [-0.39, 0.29) is 11.5 Å². The Balaban J connectivity index is 1.94. The van der Waals surface area contributed by atoms with Gasteiger partial charge in [-0.2, -0.15) is 0 Å². The molecule has 0 saturated carbocycles. The zero-order valence-corrected chi connectivity index (χ0v) is 13.5. The quantitative estimate of drug-likeness (QED) is 0.725. The second-order valence-electron chi connectivity index (χ2n) is 5.17. The molecule has 0 spiro atoms. The lowest BCUT2D eigenvalue weighted by Crippen LogP contribution is -2.14. The molecule has 1 N–H and O–H groups in total. The fourth-order valence-electron chi connectivity index (χ4n) is 2.21. The summed E-state index contributed by atoms with van der Waals surface area (Å²) in [5.41, 5.74) is 1.76. The molecule has 6 heteroatoms. The van der Waals surface area contributed by atoms with Gasteiger partial charge in [-0.1, -0.05) is 47.1 Å². The summed E-state index contributed by atoms with van der Waals surface area (Å²) in [5.74, 6) is -0.650. The molecular weight excluding hydrogens is 328 g/mol. The van der Waals surface area contributed by atoms with E-state index >= 15 is 0 Å². The Morgan fingerprint density at radius 3 is 2.50 bits per heavy atom. The van der Waals surface area contributed by atoms with Crippen LogP contribution in [-0.4, -0.2) is 16.8 Å². The van der Waals surface area contributed by atoms with Crippen molar-refractivity contribution in [2.24, 2.45) is 0 Å². The van der Waals surface area contributed by atoms with E-state index in [9.17, 15) is 9.59 Å². The van der Waals surface area contributed by atoms with Crippen molar-refractivity contribution in [2.75, 3.05) is 5.32 Å². The zero-order valence-electron chi connectivity index (χ0n) is 12.7. The van der Waals surface area contributed by atoms with Crippen molar-refractivity contribution in [3.63, 3.8) is 0 Å². The van der Waals surface area contributed by atoms with Gasteiger partial charge in [0.1, 0.15) is 0 Å². The summed E-state index contributed by atoms with van der Waals surface area (Å²) in [6, 6.07) is 15.0. The molecule has 0 saturated heterocycles. The number of halogens is 1. The molecule has 3 aromatic rings. The molecule has 5 nitrogen and oxygen atoms in total. The first kappa shape index (κ1) is 16.0. The van der Waals surface area contributed by atoms with Gasteiger partial charge in [-0.15, -0.1) is 0 Å². The monoisotopic (exact) mass is 340 g/mol. The van der Waals surface area contributed by atoms with Crippen molar-refractivity contribution in [1.29, 1.82) is 0 Å². The molecular formula is C18H13ClN2O3. The summed E-state index contributed by atoms with van der Waals surface area (Å²) in [6.07, 6.45) is 0. The molecule has 0 fully saturated rings. The van der Waals surface area contributed by atoms with Gasteiger partial charge in [0.2, 0.25) is 5.76 Å². The first-order valence-electron chi connectivity index (χ1n) is 7.18. The third-order valence-corrected chi connectivity index (χ3v) is 3.60. The normalized spacial score (nSPS) is 10.4. The highest BCUT2D eigenvalue weighted by Crippen LogP contribution is 2.24. The van der Waals surface area contributed by atoms with Gasteiger partial charge < -0.3 is 9.84 Å². The second-order valence-corrected chi connectivity index (χ2v) is 5.61. The molecule has 1 amide bonds. The van der Waals surface area contributed by atoms with Crippen LogP contribution in [-0.2, 0) is 0 Å². The maximum atomic E-state index is 12.7. The molecule has 24 heavy (non-hydrogen) atoms. The van der Waals surface area contributed by atoms with Crippen LogP contribution in [0.5, 0.6) is 0 Å². The lowest BCUT2D eigenvalue weighted by molar-refractivity contribution is 0.0988. The smallest absolute Gasteiger partial charge is 0.294 e. The Bertz CT molecular complexity index is 904. The fourth-order valence-corrected chi connectivity index (χ4v) is 2.38. The number of aryl methyl sites for hydroxylation is 1. The van der Waals surface area contributed by atoms with Gasteiger partial charge in [0.25, 0.3) is 5.91 Å². The van der Waals surface area contributed by atoms with Gasteiger partial charge >= 0.3 is 0 Å². The predicted molar refractivity (Wildman–Crippen MR) is 90.5 cm³/mol. The van der Waals surface area contributed by atoms with E-state index in [4.69, 9.17) is 16.1 Å². The molecule has 0 radical (unpaired) electrons. The number of ketones is 1. The number of anilines is 1. The molecule has 120 valence electrons. The summed E-state index contributed by atoms with van der Waals surface area (Å²) in [7, 11) is 0. The number of amides is 1. The summed E-state index contributed by atoms with van der Waals surface area (Å²) >= 11 is 6.01. The maximum absolute atomic E-state index is 12.7. The fraction of sp³-hybridized carbons (Fsp3) is 0.0556. The minimum atomic E-state index is -0.486. The summed E-state index contributed by atoms with van der Waals surface area (Å²) in [6.45, 7) is 1.72. The number of hydrogen-bond acceptors (Lipinski definition) is 4. The van der Waals surface area contributed by atoms with E-state index in [1.165, 1.54) is 12.1 Å². The highest BCUT2D eigenvalue weighted by atomic mass is 35.5. The van der Waals surface area contributed by atoms with Gasteiger partial charge in [0.05, 0.1) is 11.4 Å². The van der Waals surface area contributed by atoms with Crippen molar-refractivity contribution < 1.29 is 14.1 Å². The Morgan fingerprint density at radius 2 is 1.83 bits per heavy atom. The van der Waals surface area contributed by atoms with E-state index in [2.05, 4.69) is 10.5 Å². The maximum Gasteiger partial charge on any atom is 0.294 e. The number of rotatable bonds is 4. The van der Waals surface area contributed by atoms with E-state index in [1.807, 2.05) is 6.07 Å². The highest BCUT2D eigenvalue weighted by molar-refractivity contribution is 6.31. The zero-order chi connectivity index (χ0) is 17.1. The van der Waals surface area contributed by atoms with Gasteiger partial charge in [-0.3, -0.25) is 9.59 Å². The van der Waals surface area contributed by atoms with Crippen LogP contribution in [0.25, 0.3) is 0 Å². The Kier molecular flexibility index (Phi) is 4.44. The van der Waals surface area contributed by atoms with Crippen LogP contribution in [0.3, 0.4) is 0 Å². The van der Waals surface area contributed by atoms with Crippen molar-refractivity contribution in [3.05, 3.63) is 82.2 Å². The largest absolute Gasteiger partial charge is 0.351 e. The van der Waals surface area contributed by atoms with E-state index in [0.717, 1.165) is 0 Å². The SMILES string of the molecule is Cc1cc(C(=O)Nc2ccc(Cl)cc2C(=O)c2ccccc2)on1. The summed E-state index contributed by atoms with van der Waals surface area (Å²) in [4.78, 5) is 24.9. The average molecular weight is 341 g/mol. The minimum absolute atomic E-state index is 0.0700. The van der Waals surface area contributed by atoms with E-state index in [0.29, 0.717) is 27.5 Å². The molecule has 0 bridgehead atoms. The molecule has 1 aromatic heterocycles. The first-order chi connectivity index (χ1) is 11.5. The summed E-state index contributed by atoms with van der Waals surface area (Å²) in [5, 5.41) is 6.75. The van der Waals surface area contributed by atoms with Gasteiger partial charge in [0, 0.05) is 22.2 Å². The molecule has 3 rings (SSSR count). The number of benzene rings is 2. The van der Waals surface area contributed by atoms with Crippen LogP contribution in [0.15, 0.2) is 59.1 Å². The van der Waals surface area contributed by atoms with Crippen LogP contribution in [0.4, 0.5) is 5.69 Å². The van der Waals surface area contributed by atoms with E-state index in [1.54, 1.807) is 43.3 Å². The van der Waals surface area contributed by atoms with Crippen LogP contribution in [0, 0.1) is 6.92 Å². The molecule has 0 atom stereocenters. The highest BCUT2D eigenvalue weighted by Gasteiger charge is 2.18. The average Bonchev–Trinajstić information content (AvgIpc) is 3.03.